The lowest BCUT2D eigenvalue weighted by Crippen LogP contribution is -2.17. The van der Waals surface area contributed by atoms with E-state index in [1.54, 1.807) is 35.3 Å². The zero-order chi connectivity index (χ0) is 13.8. The van der Waals surface area contributed by atoms with Crippen molar-refractivity contribution in [2.45, 2.75) is 6.42 Å². The molecule has 0 bridgehead atoms. The molecule has 1 heterocycles. The van der Waals surface area contributed by atoms with E-state index in [1.165, 1.54) is 6.07 Å². The number of carbonyl (C=O) groups is 2. The molecule has 2 N–H and O–H groups in total. The Labute approximate surface area is 113 Å². The van der Waals surface area contributed by atoms with Crippen molar-refractivity contribution < 1.29 is 14.7 Å². The number of amides is 1. The minimum Gasteiger partial charge on any atom is -0.481 e. The van der Waals surface area contributed by atoms with Crippen molar-refractivity contribution in [3.05, 3.63) is 41.7 Å². The van der Waals surface area contributed by atoms with Gasteiger partial charge in [-0.25, -0.2) is 4.68 Å². The Morgan fingerprint density at radius 3 is 2.84 bits per heavy atom. The third-order valence-electron chi connectivity index (χ3n) is 2.30. The fraction of sp³-hybridized carbons (Fsp3) is 0.0833. The largest absolute Gasteiger partial charge is 0.481 e. The predicted molar refractivity (Wildman–Crippen MR) is 69.5 cm³/mol. The number of carboxylic acid groups (broad SMARTS) is 1. The number of carbonyl (C=O) groups excluding carboxylic acids is 1. The quantitative estimate of drug-likeness (QED) is 0.838. The number of anilines is 1. The zero-order valence-electron chi connectivity index (χ0n) is 9.71. The van der Waals surface area contributed by atoms with Crippen LogP contribution in [0, 0.1) is 0 Å². The Balaban J connectivity index is 2.30. The molecule has 98 valence electrons. The Morgan fingerprint density at radius 2 is 2.21 bits per heavy atom. The average Bonchev–Trinajstić information content (AvgIpc) is 2.81. The summed E-state index contributed by atoms with van der Waals surface area (Å²) in [6.45, 7) is 0. The fourth-order valence-electron chi connectivity index (χ4n) is 1.55. The summed E-state index contributed by atoms with van der Waals surface area (Å²) in [7, 11) is 0. The third-order valence-corrected chi connectivity index (χ3v) is 2.53. The van der Waals surface area contributed by atoms with E-state index in [1.807, 2.05) is 0 Å². The summed E-state index contributed by atoms with van der Waals surface area (Å²) in [6, 6.07) is 6.62. The molecule has 0 saturated heterocycles. The molecule has 0 radical (unpaired) electrons. The van der Waals surface area contributed by atoms with E-state index in [-0.39, 0.29) is 0 Å². The van der Waals surface area contributed by atoms with Crippen LogP contribution in [0.15, 0.2) is 36.7 Å². The SMILES string of the molecule is O=C(O)CC(=O)Nc1cc(Cl)ccc1-n1cccn1. The molecule has 6 nitrogen and oxygen atoms in total. The second-order valence-corrected chi connectivity index (χ2v) is 4.17. The van der Waals surface area contributed by atoms with Gasteiger partial charge in [-0.1, -0.05) is 11.6 Å². The van der Waals surface area contributed by atoms with Gasteiger partial charge in [-0.15, -0.1) is 0 Å². The van der Waals surface area contributed by atoms with Crippen LogP contribution in [0.1, 0.15) is 6.42 Å². The number of benzene rings is 1. The maximum Gasteiger partial charge on any atom is 0.312 e. The van der Waals surface area contributed by atoms with Crippen molar-refractivity contribution in [2.75, 3.05) is 5.32 Å². The number of hydrogen-bond donors (Lipinski definition) is 2. The highest BCUT2D eigenvalue weighted by atomic mass is 35.5. The van der Waals surface area contributed by atoms with Gasteiger partial charge in [-0.05, 0) is 24.3 Å². The molecule has 2 aromatic rings. The first-order valence-electron chi connectivity index (χ1n) is 5.37. The smallest absolute Gasteiger partial charge is 0.312 e. The summed E-state index contributed by atoms with van der Waals surface area (Å²) < 4.78 is 1.55. The normalized spacial score (nSPS) is 10.2. The lowest BCUT2D eigenvalue weighted by Gasteiger charge is -2.11. The molecule has 0 atom stereocenters. The van der Waals surface area contributed by atoms with Crippen molar-refractivity contribution in [2.24, 2.45) is 0 Å². The van der Waals surface area contributed by atoms with Crippen LogP contribution in [-0.2, 0) is 9.59 Å². The van der Waals surface area contributed by atoms with Gasteiger partial charge >= 0.3 is 5.97 Å². The van der Waals surface area contributed by atoms with Gasteiger partial charge in [-0.2, -0.15) is 5.10 Å². The number of carboxylic acids is 1. The Kier molecular flexibility index (Phi) is 3.82. The standard InChI is InChI=1S/C12H10ClN3O3/c13-8-2-3-10(16-5-1-4-14-16)9(6-8)15-11(17)7-12(18)19/h1-6H,7H2,(H,15,17)(H,18,19). The van der Waals surface area contributed by atoms with Gasteiger partial charge in [0.2, 0.25) is 5.91 Å². The van der Waals surface area contributed by atoms with Crippen molar-refractivity contribution in [1.82, 2.24) is 9.78 Å². The Bertz CT molecular complexity index is 611. The minimum atomic E-state index is -1.19. The molecule has 0 aliphatic rings. The molecule has 1 aromatic heterocycles. The highest BCUT2D eigenvalue weighted by Crippen LogP contribution is 2.24. The molecule has 0 spiro atoms. The second kappa shape index (κ2) is 5.53. The van der Waals surface area contributed by atoms with E-state index in [2.05, 4.69) is 10.4 Å². The zero-order valence-corrected chi connectivity index (χ0v) is 10.5. The van der Waals surface area contributed by atoms with E-state index < -0.39 is 18.3 Å². The van der Waals surface area contributed by atoms with Crippen molar-refractivity contribution in [1.29, 1.82) is 0 Å². The van der Waals surface area contributed by atoms with Crippen LogP contribution < -0.4 is 5.32 Å². The van der Waals surface area contributed by atoms with Crippen LogP contribution in [0.2, 0.25) is 5.02 Å². The number of nitrogens with one attached hydrogen (secondary N) is 1. The van der Waals surface area contributed by atoms with Gasteiger partial charge in [-0.3, -0.25) is 9.59 Å². The minimum absolute atomic E-state index is 0.405. The summed E-state index contributed by atoms with van der Waals surface area (Å²) in [4.78, 5) is 22.0. The van der Waals surface area contributed by atoms with E-state index in [0.29, 0.717) is 16.4 Å². The van der Waals surface area contributed by atoms with Gasteiger partial charge in [0.25, 0.3) is 0 Å². The van der Waals surface area contributed by atoms with E-state index in [4.69, 9.17) is 16.7 Å². The number of aliphatic carboxylic acids is 1. The van der Waals surface area contributed by atoms with Crippen molar-refractivity contribution in [3.63, 3.8) is 0 Å². The van der Waals surface area contributed by atoms with Crippen LogP contribution in [0.25, 0.3) is 5.69 Å². The van der Waals surface area contributed by atoms with Crippen LogP contribution in [0.4, 0.5) is 5.69 Å². The molecule has 1 aromatic carbocycles. The highest BCUT2D eigenvalue weighted by Gasteiger charge is 2.12. The van der Waals surface area contributed by atoms with Crippen LogP contribution in [-0.4, -0.2) is 26.8 Å². The lowest BCUT2D eigenvalue weighted by molar-refractivity contribution is -0.139. The monoisotopic (exact) mass is 279 g/mol. The second-order valence-electron chi connectivity index (χ2n) is 3.73. The summed E-state index contributed by atoms with van der Waals surface area (Å²) in [5.74, 6) is -1.82. The molecule has 7 heteroatoms. The maximum atomic E-state index is 11.5. The first kappa shape index (κ1) is 13.1. The van der Waals surface area contributed by atoms with E-state index in [0.717, 1.165) is 0 Å². The van der Waals surface area contributed by atoms with Gasteiger partial charge in [0.1, 0.15) is 6.42 Å². The summed E-state index contributed by atoms with van der Waals surface area (Å²) in [5, 5.41) is 15.6. The maximum absolute atomic E-state index is 11.5. The molecule has 2 rings (SSSR count). The van der Waals surface area contributed by atoms with Gasteiger partial charge in [0.15, 0.2) is 0 Å². The Hall–Kier alpha value is -2.34. The molecule has 0 aliphatic heterocycles. The third kappa shape index (κ3) is 3.32. The van der Waals surface area contributed by atoms with E-state index >= 15 is 0 Å². The summed E-state index contributed by atoms with van der Waals surface area (Å²) in [5.41, 5.74) is 1.01. The number of aromatic nitrogens is 2. The summed E-state index contributed by atoms with van der Waals surface area (Å²) in [6.07, 6.45) is 2.69. The number of rotatable bonds is 4. The molecular formula is C12H10ClN3O3. The lowest BCUT2D eigenvalue weighted by atomic mass is 10.2. The molecule has 0 fully saturated rings. The van der Waals surface area contributed by atoms with Gasteiger partial charge in [0.05, 0.1) is 11.4 Å². The van der Waals surface area contributed by atoms with E-state index in [9.17, 15) is 9.59 Å². The average molecular weight is 280 g/mol. The Morgan fingerprint density at radius 1 is 1.42 bits per heavy atom. The highest BCUT2D eigenvalue weighted by molar-refractivity contribution is 6.31. The molecule has 1 amide bonds. The number of nitrogens with zero attached hydrogens (tertiary/aromatic N) is 2. The molecule has 0 saturated carbocycles. The van der Waals surface area contributed by atoms with Gasteiger partial charge in [0, 0.05) is 17.4 Å². The molecule has 0 aliphatic carbocycles. The number of hydrogen-bond acceptors (Lipinski definition) is 3. The predicted octanol–water partition coefficient (Wildman–Crippen LogP) is 1.94. The fourth-order valence-corrected chi connectivity index (χ4v) is 1.72. The molecule has 19 heavy (non-hydrogen) atoms. The summed E-state index contributed by atoms with van der Waals surface area (Å²) >= 11 is 5.87. The van der Waals surface area contributed by atoms with Crippen molar-refractivity contribution in [3.8, 4) is 5.69 Å². The topological polar surface area (TPSA) is 84.2 Å². The first-order valence-corrected chi connectivity index (χ1v) is 5.75. The van der Waals surface area contributed by atoms with Crippen LogP contribution in [0.5, 0.6) is 0 Å². The molecule has 0 unspecified atom stereocenters. The molecular weight excluding hydrogens is 270 g/mol. The van der Waals surface area contributed by atoms with Crippen LogP contribution >= 0.6 is 11.6 Å². The first-order chi connectivity index (χ1) is 9.06. The van der Waals surface area contributed by atoms with Crippen LogP contribution in [0.3, 0.4) is 0 Å². The van der Waals surface area contributed by atoms with Gasteiger partial charge < -0.3 is 10.4 Å². The number of halogens is 1. The van der Waals surface area contributed by atoms with Crippen molar-refractivity contribution >= 4 is 29.2 Å².